The minimum absolute atomic E-state index is 0.109. The Bertz CT molecular complexity index is 482. The van der Waals surface area contributed by atoms with Crippen LogP contribution in [-0.2, 0) is 10.2 Å². The van der Waals surface area contributed by atoms with E-state index in [9.17, 15) is 9.90 Å². The number of nitrogens with zero attached hydrogens (tertiary/aromatic N) is 1. The first kappa shape index (κ1) is 16.8. The first-order valence-corrected chi connectivity index (χ1v) is 8.05. The molecule has 1 amide bonds. The van der Waals surface area contributed by atoms with Crippen molar-refractivity contribution in [2.24, 2.45) is 0 Å². The van der Waals surface area contributed by atoms with Crippen LogP contribution in [0.5, 0.6) is 5.75 Å². The van der Waals surface area contributed by atoms with E-state index in [-0.39, 0.29) is 17.4 Å². The van der Waals surface area contributed by atoms with E-state index in [0.717, 1.165) is 5.75 Å². The zero-order chi connectivity index (χ0) is 16.2. The van der Waals surface area contributed by atoms with Crippen molar-refractivity contribution >= 4 is 5.91 Å². The van der Waals surface area contributed by atoms with Gasteiger partial charge in [0.15, 0.2) is 0 Å². The summed E-state index contributed by atoms with van der Waals surface area (Å²) in [6.45, 7) is 8.23. The fraction of sp³-hybridized carbons (Fsp3) is 0.611. The summed E-state index contributed by atoms with van der Waals surface area (Å²) in [5.74, 6) is 0.910. The molecule has 1 aliphatic rings. The highest BCUT2D eigenvalue weighted by Crippen LogP contribution is 2.24. The van der Waals surface area contributed by atoms with Crippen LogP contribution in [0.15, 0.2) is 24.3 Å². The number of carbonyl (C=O) groups excluding carboxylic acids is 1. The number of hydrogen-bond donors (Lipinski definition) is 1. The molecule has 0 spiro atoms. The van der Waals surface area contributed by atoms with E-state index in [4.69, 9.17) is 4.74 Å². The number of aliphatic hydroxyl groups is 1. The van der Waals surface area contributed by atoms with Gasteiger partial charge in [-0.15, -0.1) is 0 Å². The van der Waals surface area contributed by atoms with Crippen LogP contribution in [0.2, 0.25) is 0 Å². The third-order valence-corrected chi connectivity index (χ3v) is 4.12. The van der Waals surface area contributed by atoms with Gasteiger partial charge in [0.1, 0.15) is 5.75 Å². The van der Waals surface area contributed by atoms with E-state index in [1.807, 2.05) is 17.0 Å². The number of likely N-dealkylation sites (tertiary alicyclic amines) is 1. The summed E-state index contributed by atoms with van der Waals surface area (Å²) in [6, 6.07) is 8.07. The van der Waals surface area contributed by atoms with Gasteiger partial charge in [-0.3, -0.25) is 4.79 Å². The number of amides is 1. The largest absolute Gasteiger partial charge is 0.493 e. The van der Waals surface area contributed by atoms with Gasteiger partial charge in [0, 0.05) is 13.1 Å². The Morgan fingerprint density at radius 3 is 2.36 bits per heavy atom. The molecule has 0 bridgehead atoms. The molecule has 1 heterocycles. The minimum atomic E-state index is -0.248. The average Bonchev–Trinajstić information content (AvgIpc) is 2.47. The van der Waals surface area contributed by atoms with Crippen molar-refractivity contribution in [2.75, 3.05) is 19.7 Å². The molecule has 0 unspecified atom stereocenters. The molecule has 0 radical (unpaired) electrons. The molecule has 4 nitrogen and oxygen atoms in total. The monoisotopic (exact) mass is 305 g/mol. The summed E-state index contributed by atoms with van der Waals surface area (Å²) >= 11 is 0. The maximum absolute atomic E-state index is 12.0. The fourth-order valence-corrected chi connectivity index (χ4v) is 2.58. The van der Waals surface area contributed by atoms with Crippen molar-refractivity contribution in [1.29, 1.82) is 0 Å². The predicted molar refractivity (Wildman–Crippen MR) is 87.1 cm³/mol. The topological polar surface area (TPSA) is 49.8 Å². The van der Waals surface area contributed by atoms with Crippen molar-refractivity contribution in [3.8, 4) is 5.75 Å². The summed E-state index contributed by atoms with van der Waals surface area (Å²) in [6.07, 6.45) is 1.50. The molecule has 0 aliphatic carbocycles. The lowest BCUT2D eigenvalue weighted by atomic mass is 9.87. The maximum Gasteiger partial charge on any atom is 0.226 e. The number of aliphatic hydroxyl groups excluding tert-OH is 1. The highest BCUT2D eigenvalue weighted by molar-refractivity contribution is 5.76. The molecule has 1 saturated heterocycles. The lowest BCUT2D eigenvalue weighted by Crippen LogP contribution is -2.40. The van der Waals surface area contributed by atoms with Gasteiger partial charge in [0.25, 0.3) is 0 Å². The second-order valence-corrected chi connectivity index (χ2v) is 6.98. The van der Waals surface area contributed by atoms with E-state index in [2.05, 4.69) is 32.9 Å². The Morgan fingerprint density at radius 2 is 1.82 bits per heavy atom. The lowest BCUT2D eigenvalue weighted by molar-refractivity contribution is -0.133. The van der Waals surface area contributed by atoms with Crippen LogP contribution >= 0.6 is 0 Å². The first-order chi connectivity index (χ1) is 10.4. The fourth-order valence-electron chi connectivity index (χ4n) is 2.58. The third kappa shape index (κ3) is 4.73. The molecular formula is C18H27NO3. The highest BCUT2D eigenvalue weighted by Gasteiger charge is 2.21. The van der Waals surface area contributed by atoms with Crippen LogP contribution in [-0.4, -0.2) is 41.7 Å². The Hall–Kier alpha value is -1.55. The normalized spacial score (nSPS) is 16.6. The number of benzene rings is 1. The van der Waals surface area contributed by atoms with E-state index in [0.29, 0.717) is 39.0 Å². The summed E-state index contributed by atoms with van der Waals surface area (Å²) < 4.78 is 5.66. The quantitative estimate of drug-likeness (QED) is 0.930. The molecule has 0 saturated carbocycles. The number of piperidine rings is 1. The lowest BCUT2D eigenvalue weighted by Gasteiger charge is -2.29. The summed E-state index contributed by atoms with van der Waals surface area (Å²) in [5, 5.41) is 9.45. The van der Waals surface area contributed by atoms with Gasteiger partial charge in [-0.05, 0) is 36.0 Å². The van der Waals surface area contributed by atoms with Crippen LogP contribution in [0.3, 0.4) is 0 Å². The molecule has 1 N–H and O–H groups in total. The molecule has 4 heteroatoms. The van der Waals surface area contributed by atoms with Crippen LogP contribution in [0.4, 0.5) is 0 Å². The Kier molecular flexibility index (Phi) is 5.46. The zero-order valence-corrected chi connectivity index (χ0v) is 13.8. The Balaban J connectivity index is 1.75. The molecule has 0 aromatic heterocycles. The summed E-state index contributed by atoms with van der Waals surface area (Å²) in [4.78, 5) is 13.9. The Labute approximate surface area is 133 Å². The number of carbonyl (C=O) groups is 1. The van der Waals surface area contributed by atoms with Gasteiger partial charge < -0.3 is 14.7 Å². The van der Waals surface area contributed by atoms with Gasteiger partial charge in [-0.2, -0.15) is 0 Å². The third-order valence-electron chi connectivity index (χ3n) is 4.12. The second-order valence-electron chi connectivity index (χ2n) is 6.98. The summed E-state index contributed by atoms with van der Waals surface area (Å²) in [5.41, 5.74) is 1.40. The Morgan fingerprint density at radius 1 is 1.23 bits per heavy atom. The average molecular weight is 305 g/mol. The first-order valence-electron chi connectivity index (χ1n) is 8.05. The molecule has 22 heavy (non-hydrogen) atoms. The molecule has 1 aromatic rings. The standard InChI is InChI=1S/C18H27NO3/c1-18(2,3)14-4-6-16(7-5-14)22-13-10-17(21)19-11-8-15(20)9-12-19/h4-7,15,20H,8-13H2,1-3H3. The number of rotatable bonds is 4. The van der Waals surface area contributed by atoms with Crippen LogP contribution in [0.25, 0.3) is 0 Å². The number of ether oxygens (including phenoxy) is 1. The molecule has 122 valence electrons. The van der Waals surface area contributed by atoms with Gasteiger partial charge in [-0.1, -0.05) is 32.9 Å². The molecule has 1 fully saturated rings. The van der Waals surface area contributed by atoms with Crippen LogP contribution in [0.1, 0.15) is 45.6 Å². The second kappa shape index (κ2) is 7.14. The zero-order valence-electron chi connectivity index (χ0n) is 13.8. The molecule has 0 atom stereocenters. The van der Waals surface area contributed by atoms with E-state index >= 15 is 0 Å². The SMILES string of the molecule is CC(C)(C)c1ccc(OCCC(=O)N2CCC(O)CC2)cc1. The van der Waals surface area contributed by atoms with Crippen LogP contribution in [0, 0.1) is 0 Å². The molecular weight excluding hydrogens is 278 g/mol. The van der Waals surface area contributed by atoms with Crippen molar-refractivity contribution in [3.05, 3.63) is 29.8 Å². The minimum Gasteiger partial charge on any atom is -0.493 e. The van der Waals surface area contributed by atoms with E-state index in [1.165, 1.54) is 5.56 Å². The van der Waals surface area contributed by atoms with Gasteiger partial charge in [-0.25, -0.2) is 0 Å². The van der Waals surface area contributed by atoms with Crippen molar-refractivity contribution in [2.45, 2.75) is 51.6 Å². The summed E-state index contributed by atoms with van der Waals surface area (Å²) in [7, 11) is 0. The van der Waals surface area contributed by atoms with Crippen molar-refractivity contribution < 1.29 is 14.6 Å². The smallest absolute Gasteiger partial charge is 0.226 e. The number of hydrogen-bond acceptors (Lipinski definition) is 3. The molecule has 2 rings (SSSR count). The van der Waals surface area contributed by atoms with Gasteiger partial charge in [0.2, 0.25) is 5.91 Å². The molecule has 1 aromatic carbocycles. The predicted octanol–water partition coefficient (Wildman–Crippen LogP) is 2.74. The molecule has 1 aliphatic heterocycles. The van der Waals surface area contributed by atoms with E-state index < -0.39 is 0 Å². The highest BCUT2D eigenvalue weighted by atomic mass is 16.5. The van der Waals surface area contributed by atoms with Gasteiger partial charge >= 0.3 is 0 Å². The van der Waals surface area contributed by atoms with Gasteiger partial charge in [0.05, 0.1) is 19.1 Å². The van der Waals surface area contributed by atoms with Crippen molar-refractivity contribution in [1.82, 2.24) is 4.90 Å². The van der Waals surface area contributed by atoms with Crippen molar-refractivity contribution in [3.63, 3.8) is 0 Å². The van der Waals surface area contributed by atoms with E-state index in [1.54, 1.807) is 0 Å². The maximum atomic E-state index is 12.0. The van der Waals surface area contributed by atoms with Crippen LogP contribution < -0.4 is 4.74 Å².